The maximum atomic E-state index is 5.55. The van der Waals surface area contributed by atoms with Gasteiger partial charge in [-0.15, -0.1) is 0 Å². The maximum Gasteiger partial charge on any atom is 0.129 e. The molecule has 0 aliphatic carbocycles. The van der Waals surface area contributed by atoms with Crippen molar-refractivity contribution in [3.63, 3.8) is 0 Å². The highest BCUT2D eigenvalue weighted by molar-refractivity contribution is 4.95. The second kappa shape index (κ2) is 12.0. The van der Waals surface area contributed by atoms with Crippen molar-refractivity contribution in [2.24, 2.45) is 0 Å². The van der Waals surface area contributed by atoms with Gasteiger partial charge in [0, 0.05) is 12.6 Å². The molecule has 1 aromatic heterocycles. The molecule has 0 radical (unpaired) electrons. The summed E-state index contributed by atoms with van der Waals surface area (Å²) in [6.07, 6.45) is 10.9. The van der Waals surface area contributed by atoms with Gasteiger partial charge < -0.3 is 14.5 Å². The van der Waals surface area contributed by atoms with E-state index in [1.165, 1.54) is 38.5 Å². The molecule has 0 aliphatic heterocycles. The minimum atomic E-state index is 0.583. The first-order valence-electron chi connectivity index (χ1n) is 8.16. The lowest BCUT2D eigenvalue weighted by Crippen LogP contribution is -2.27. The Balaban J connectivity index is 1.83. The van der Waals surface area contributed by atoms with Crippen LogP contribution in [0.1, 0.15) is 64.6 Å². The third-order valence-corrected chi connectivity index (χ3v) is 3.52. The van der Waals surface area contributed by atoms with E-state index < -0.39 is 0 Å². The van der Waals surface area contributed by atoms with Crippen LogP contribution in [0, 0.1) is 0 Å². The van der Waals surface area contributed by atoms with Crippen LogP contribution in [0.3, 0.4) is 0 Å². The van der Waals surface area contributed by atoms with Crippen LogP contribution < -0.4 is 5.32 Å². The van der Waals surface area contributed by atoms with E-state index in [9.17, 15) is 0 Å². The van der Waals surface area contributed by atoms with Crippen LogP contribution >= 0.6 is 0 Å². The molecule has 1 unspecified atom stereocenters. The number of unbranched alkanes of at least 4 members (excludes halogenated alkanes) is 4. The summed E-state index contributed by atoms with van der Waals surface area (Å²) in [5.41, 5.74) is 0. The van der Waals surface area contributed by atoms with Crippen molar-refractivity contribution in [1.29, 1.82) is 0 Å². The Labute approximate surface area is 124 Å². The predicted octanol–water partition coefficient (Wildman–Crippen LogP) is 4.52. The number of hydrogen-bond acceptors (Lipinski definition) is 3. The fourth-order valence-electron chi connectivity index (χ4n) is 2.25. The summed E-state index contributed by atoms with van der Waals surface area (Å²) in [6.45, 7) is 6.95. The Hall–Kier alpha value is -0.800. The van der Waals surface area contributed by atoms with Crippen LogP contribution in [0.15, 0.2) is 22.8 Å². The fraction of sp³-hybridized carbons (Fsp3) is 0.765. The highest BCUT2D eigenvalue weighted by Crippen LogP contribution is 2.07. The minimum absolute atomic E-state index is 0.583. The van der Waals surface area contributed by atoms with Crippen molar-refractivity contribution < 1.29 is 9.15 Å². The average molecular weight is 281 g/mol. The molecule has 0 fully saturated rings. The molecule has 1 heterocycles. The molecule has 3 nitrogen and oxygen atoms in total. The van der Waals surface area contributed by atoms with Crippen LogP contribution in [0.2, 0.25) is 0 Å². The quantitative estimate of drug-likeness (QED) is 0.540. The number of hydrogen-bond donors (Lipinski definition) is 1. The van der Waals surface area contributed by atoms with Gasteiger partial charge in [-0.25, -0.2) is 0 Å². The molecule has 0 aliphatic rings. The van der Waals surface area contributed by atoms with Crippen molar-refractivity contribution in [3.05, 3.63) is 24.2 Å². The largest absolute Gasteiger partial charge is 0.467 e. The van der Waals surface area contributed by atoms with E-state index in [1.807, 2.05) is 12.1 Å². The van der Waals surface area contributed by atoms with Gasteiger partial charge in [0.15, 0.2) is 0 Å². The third-order valence-electron chi connectivity index (χ3n) is 3.52. The van der Waals surface area contributed by atoms with Gasteiger partial charge in [0.2, 0.25) is 0 Å². The normalized spacial score (nSPS) is 12.7. The van der Waals surface area contributed by atoms with Gasteiger partial charge >= 0.3 is 0 Å². The standard InChI is InChI=1S/C17H31NO2/c1-3-4-5-6-7-10-16(2)18-12-9-13-19-15-17-11-8-14-20-17/h8,11,14,16,18H,3-7,9-10,12-13,15H2,1-2H3. The molecule has 20 heavy (non-hydrogen) atoms. The molecule has 1 N–H and O–H groups in total. The lowest BCUT2D eigenvalue weighted by molar-refractivity contribution is 0.103. The minimum Gasteiger partial charge on any atom is -0.467 e. The van der Waals surface area contributed by atoms with E-state index in [0.29, 0.717) is 12.6 Å². The van der Waals surface area contributed by atoms with Gasteiger partial charge in [-0.2, -0.15) is 0 Å². The molecular formula is C17H31NO2. The summed E-state index contributed by atoms with van der Waals surface area (Å²) < 4.78 is 10.8. The molecule has 0 bridgehead atoms. The van der Waals surface area contributed by atoms with Gasteiger partial charge in [0.25, 0.3) is 0 Å². The Morgan fingerprint density at radius 2 is 2.05 bits per heavy atom. The van der Waals surface area contributed by atoms with Crippen molar-refractivity contribution in [3.8, 4) is 0 Å². The summed E-state index contributed by atoms with van der Waals surface area (Å²) in [7, 11) is 0. The molecule has 0 amide bonds. The van der Waals surface area contributed by atoms with E-state index in [1.54, 1.807) is 6.26 Å². The van der Waals surface area contributed by atoms with E-state index >= 15 is 0 Å². The van der Waals surface area contributed by atoms with Crippen molar-refractivity contribution >= 4 is 0 Å². The second-order valence-corrected chi connectivity index (χ2v) is 5.54. The van der Waals surface area contributed by atoms with E-state index in [0.717, 1.165) is 25.3 Å². The Morgan fingerprint density at radius 1 is 1.20 bits per heavy atom. The number of rotatable bonds is 13. The monoisotopic (exact) mass is 281 g/mol. The first-order chi connectivity index (χ1) is 9.83. The van der Waals surface area contributed by atoms with E-state index in [-0.39, 0.29) is 0 Å². The van der Waals surface area contributed by atoms with Crippen molar-refractivity contribution in [1.82, 2.24) is 5.32 Å². The molecule has 0 aromatic carbocycles. The zero-order chi connectivity index (χ0) is 14.5. The molecule has 116 valence electrons. The summed E-state index contributed by atoms with van der Waals surface area (Å²) in [6, 6.07) is 4.46. The predicted molar refractivity (Wildman–Crippen MR) is 83.8 cm³/mol. The fourth-order valence-corrected chi connectivity index (χ4v) is 2.25. The number of ether oxygens (including phenoxy) is 1. The van der Waals surface area contributed by atoms with Crippen LogP contribution in [0.4, 0.5) is 0 Å². The zero-order valence-electron chi connectivity index (χ0n) is 13.2. The summed E-state index contributed by atoms with van der Waals surface area (Å²) >= 11 is 0. The number of nitrogens with one attached hydrogen (secondary N) is 1. The van der Waals surface area contributed by atoms with E-state index in [2.05, 4.69) is 19.2 Å². The first-order valence-corrected chi connectivity index (χ1v) is 8.16. The lowest BCUT2D eigenvalue weighted by Gasteiger charge is -2.13. The Kier molecular flexibility index (Phi) is 10.3. The van der Waals surface area contributed by atoms with Gasteiger partial charge in [-0.1, -0.05) is 39.0 Å². The first kappa shape index (κ1) is 17.3. The van der Waals surface area contributed by atoms with Gasteiger partial charge in [0.1, 0.15) is 12.4 Å². The van der Waals surface area contributed by atoms with E-state index in [4.69, 9.17) is 9.15 Å². The second-order valence-electron chi connectivity index (χ2n) is 5.54. The average Bonchev–Trinajstić information content (AvgIpc) is 2.95. The van der Waals surface area contributed by atoms with Gasteiger partial charge in [-0.05, 0) is 38.4 Å². The smallest absolute Gasteiger partial charge is 0.129 e. The lowest BCUT2D eigenvalue weighted by atomic mass is 10.1. The third kappa shape index (κ3) is 9.16. The van der Waals surface area contributed by atoms with Crippen molar-refractivity contribution in [2.75, 3.05) is 13.2 Å². The summed E-state index contributed by atoms with van der Waals surface area (Å²) in [4.78, 5) is 0. The van der Waals surface area contributed by atoms with Gasteiger partial charge in [0.05, 0.1) is 6.26 Å². The highest BCUT2D eigenvalue weighted by atomic mass is 16.5. The van der Waals surface area contributed by atoms with Crippen LogP contribution in [0.25, 0.3) is 0 Å². The zero-order valence-corrected chi connectivity index (χ0v) is 13.2. The molecule has 3 heteroatoms. The molecule has 1 aromatic rings. The summed E-state index contributed by atoms with van der Waals surface area (Å²) in [5, 5.41) is 3.56. The molecule has 1 rings (SSSR count). The molecule has 0 spiro atoms. The Morgan fingerprint density at radius 3 is 2.80 bits per heavy atom. The van der Waals surface area contributed by atoms with Crippen LogP contribution in [-0.2, 0) is 11.3 Å². The highest BCUT2D eigenvalue weighted by Gasteiger charge is 2.01. The Bertz CT molecular complexity index is 298. The maximum absolute atomic E-state index is 5.55. The van der Waals surface area contributed by atoms with Crippen LogP contribution in [-0.4, -0.2) is 19.2 Å². The SMILES string of the molecule is CCCCCCCC(C)NCCCOCc1ccco1. The van der Waals surface area contributed by atoms with Crippen molar-refractivity contribution in [2.45, 2.75) is 71.4 Å². The topological polar surface area (TPSA) is 34.4 Å². The van der Waals surface area contributed by atoms with Crippen LogP contribution in [0.5, 0.6) is 0 Å². The molecule has 0 saturated heterocycles. The van der Waals surface area contributed by atoms with Gasteiger partial charge in [-0.3, -0.25) is 0 Å². The number of furan rings is 1. The molecular weight excluding hydrogens is 250 g/mol. The molecule has 0 saturated carbocycles. The summed E-state index contributed by atoms with van der Waals surface area (Å²) in [5.74, 6) is 0.901. The molecule has 1 atom stereocenters.